The third kappa shape index (κ3) is 3.11. The van der Waals surface area contributed by atoms with Gasteiger partial charge < -0.3 is 10.2 Å². The normalized spacial score (nSPS) is 21.5. The Labute approximate surface area is 117 Å². The monoisotopic (exact) mass is 258 g/mol. The summed E-state index contributed by atoms with van der Waals surface area (Å²) >= 11 is 0. The first-order chi connectivity index (χ1) is 9.38. The lowest BCUT2D eigenvalue weighted by Crippen LogP contribution is -2.29. The summed E-state index contributed by atoms with van der Waals surface area (Å²) in [5, 5.41) is 3.54. The van der Waals surface area contributed by atoms with Crippen molar-refractivity contribution in [1.29, 1.82) is 0 Å². The Balaban J connectivity index is 1.54. The summed E-state index contributed by atoms with van der Waals surface area (Å²) in [6.07, 6.45) is 6.85. The van der Waals surface area contributed by atoms with Gasteiger partial charge in [0, 0.05) is 24.2 Å². The van der Waals surface area contributed by atoms with Gasteiger partial charge in [0.05, 0.1) is 0 Å². The Morgan fingerprint density at radius 2 is 2.05 bits per heavy atom. The van der Waals surface area contributed by atoms with E-state index in [4.69, 9.17) is 0 Å². The van der Waals surface area contributed by atoms with Gasteiger partial charge in [-0.15, -0.1) is 0 Å². The number of benzene rings is 1. The minimum atomic E-state index is 0.721. The molecular formula is C17H26N2. The number of hydrogen-bond donors (Lipinski definition) is 1. The lowest BCUT2D eigenvalue weighted by Gasteiger charge is -2.23. The highest BCUT2D eigenvalue weighted by Crippen LogP contribution is 2.34. The Morgan fingerprint density at radius 3 is 2.84 bits per heavy atom. The van der Waals surface area contributed by atoms with Crippen LogP contribution in [0.1, 0.15) is 50.5 Å². The Bertz CT molecular complexity index is 411. The molecule has 1 aliphatic carbocycles. The van der Waals surface area contributed by atoms with Crippen molar-refractivity contribution in [3.63, 3.8) is 0 Å². The Morgan fingerprint density at radius 1 is 1.21 bits per heavy atom. The van der Waals surface area contributed by atoms with Crippen molar-refractivity contribution in [2.75, 3.05) is 25.0 Å². The van der Waals surface area contributed by atoms with E-state index in [9.17, 15) is 0 Å². The first kappa shape index (κ1) is 13.0. The summed E-state index contributed by atoms with van der Waals surface area (Å²) < 4.78 is 0. The first-order valence-corrected chi connectivity index (χ1v) is 7.95. The van der Waals surface area contributed by atoms with Gasteiger partial charge in [-0.1, -0.05) is 31.5 Å². The quantitative estimate of drug-likeness (QED) is 0.799. The maximum absolute atomic E-state index is 3.54. The summed E-state index contributed by atoms with van der Waals surface area (Å²) in [6.45, 7) is 6.02. The van der Waals surface area contributed by atoms with Crippen LogP contribution in [-0.2, 0) is 0 Å². The van der Waals surface area contributed by atoms with E-state index >= 15 is 0 Å². The van der Waals surface area contributed by atoms with Crippen molar-refractivity contribution >= 4 is 5.69 Å². The van der Waals surface area contributed by atoms with Crippen LogP contribution in [0.15, 0.2) is 24.3 Å². The smallest absolute Gasteiger partial charge is 0.0376 e. The maximum Gasteiger partial charge on any atom is 0.0376 e. The van der Waals surface area contributed by atoms with Crippen LogP contribution < -0.4 is 5.32 Å². The van der Waals surface area contributed by atoms with Crippen molar-refractivity contribution in [3.8, 4) is 0 Å². The average molecular weight is 258 g/mol. The fraction of sp³-hybridized carbons (Fsp3) is 0.647. The molecule has 0 aromatic heterocycles. The summed E-state index contributed by atoms with van der Waals surface area (Å²) in [5.41, 5.74) is 2.90. The summed E-state index contributed by atoms with van der Waals surface area (Å²) in [6, 6.07) is 9.73. The van der Waals surface area contributed by atoms with Crippen molar-refractivity contribution in [1.82, 2.24) is 4.90 Å². The van der Waals surface area contributed by atoms with Gasteiger partial charge >= 0.3 is 0 Å². The van der Waals surface area contributed by atoms with E-state index in [2.05, 4.69) is 41.4 Å². The van der Waals surface area contributed by atoms with Crippen LogP contribution in [0, 0.1) is 0 Å². The zero-order chi connectivity index (χ0) is 13.1. The van der Waals surface area contributed by atoms with Crippen LogP contribution in [0.2, 0.25) is 0 Å². The van der Waals surface area contributed by atoms with E-state index in [1.807, 2.05) is 0 Å². The Hall–Kier alpha value is -1.02. The van der Waals surface area contributed by atoms with Gasteiger partial charge in [-0.2, -0.15) is 0 Å². The van der Waals surface area contributed by atoms with Gasteiger partial charge in [-0.3, -0.25) is 0 Å². The number of rotatable bonds is 7. The van der Waals surface area contributed by atoms with Crippen LogP contribution >= 0.6 is 0 Å². The molecule has 19 heavy (non-hydrogen) atoms. The lowest BCUT2D eigenvalue weighted by atomic mass is 9.97. The highest BCUT2D eigenvalue weighted by molar-refractivity contribution is 5.57. The Kier molecular flexibility index (Phi) is 4.07. The zero-order valence-corrected chi connectivity index (χ0v) is 12.1. The largest absolute Gasteiger partial charge is 0.384 e. The number of fused-ring (bicyclic) bond motifs is 1. The highest BCUT2D eigenvalue weighted by Gasteiger charge is 2.29. The maximum atomic E-state index is 3.54. The molecule has 3 rings (SSSR count). The number of anilines is 1. The molecule has 1 N–H and O–H groups in total. The van der Waals surface area contributed by atoms with Crippen LogP contribution in [-0.4, -0.2) is 30.6 Å². The van der Waals surface area contributed by atoms with Gasteiger partial charge in [0.15, 0.2) is 0 Å². The second-order valence-electron chi connectivity index (χ2n) is 6.07. The van der Waals surface area contributed by atoms with Crippen molar-refractivity contribution in [2.45, 2.75) is 51.0 Å². The molecule has 2 nitrogen and oxygen atoms in total. The highest BCUT2D eigenvalue weighted by atomic mass is 15.2. The van der Waals surface area contributed by atoms with Crippen molar-refractivity contribution < 1.29 is 0 Å². The molecule has 1 saturated carbocycles. The van der Waals surface area contributed by atoms with Gasteiger partial charge in [0.25, 0.3) is 0 Å². The second kappa shape index (κ2) is 5.96. The van der Waals surface area contributed by atoms with E-state index in [1.54, 1.807) is 0 Å². The topological polar surface area (TPSA) is 15.3 Å². The van der Waals surface area contributed by atoms with E-state index in [-0.39, 0.29) is 0 Å². The van der Waals surface area contributed by atoms with E-state index < -0.39 is 0 Å². The molecule has 0 saturated heterocycles. The molecule has 0 bridgehead atoms. The van der Waals surface area contributed by atoms with Crippen molar-refractivity contribution in [2.24, 2.45) is 0 Å². The minimum Gasteiger partial charge on any atom is -0.384 e. The van der Waals surface area contributed by atoms with Crippen LogP contribution in [0.3, 0.4) is 0 Å². The van der Waals surface area contributed by atoms with E-state index in [1.165, 1.54) is 56.4 Å². The molecule has 0 spiro atoms. The van der Waals surface area contributed by atoms with Gasteiger partial charge in [0.2, 0.25) is 0 Å². The number of nitrogens with one attached hydrogen (secondary N) is 1. The molecule has 2 aliphatic rings. The van der Waals surface area contributed by atoms with E-state index in [0.29, 0.717) is 0 Å². The number of hydrogen-bond acceptors (Lipinski definition) is 2. The molecule has 1 aromatic rings. The van der Waals surface area contributed by atoms with Gasteiger partial charge in [0.1, 0.15) is 0 Å². The molecule has 1 fully saturated rings. The summed E-state index contributed by atoms with van der Waals surface area (Å²) in [7, 11) is 0. The van der Waals surface area contributed by atoms with Crippen LogP contribution in [0.25, 0.3) is 0 Å². The molecular weight excluding hydrogens is 232 g/mol. The second-order valence-corrected chi connectivity index (χ2v) is 6.07. The predicted molar refractivity (Wildman–Crippen MR) is 81.8 cm³/mol. The lowest BCUT2D eigenvalue weighted by molar-refractivity contribution is 0.250. The van der Waals surface area contributed by atoms with Crippen LogP contribution in [0.5, 0.6) is 0 Å². The molecule has 104 valence electrons. The third-order valence-electron chi connectivity index (χ3n) is 4.57. The molecule has 1 aromatic carbocycles. The molecule has 1 aliphatic heterocycles. The van der Waals surface area contributed by atoms with Gasteiger partial charge in [-0.05, 0) is 50.4 Å². The summed E-state index contributed by atoms with van der Waals surface area (Å²) in [5.74, 6) is 0.721. The summed E-state index contributed by atoms with van der Waals surface area (Å²) in [4.78, 5) is 2.74. The number of nitrogens with zero attached hydrogens (tertiary/aromatic N) is 1. The average Bonchev–Trinajstić information content (AvgIpc) is 3.20. The zero-order valence-electron chi connectivity index (χ0n) is 12.1. The molecule has 1 atom stereocenters. The van der Waals surface area contributed by atoms with E-state index in [0.717, 1.165) is 18.5 Å². The standard InChI is InChI=1S/C17H26N2/c1-2-3-11-19(15-8-9-15)12-10-14-13-18-17-7-5-4-6-16(14)17/h4-7,14-15,18H,2-3,8-13H2,1H3. The minimum absolute atomic E-state index is 0.721. The molecule has 0 amide bonds. The predicted octanol–water partition coefficient (Wildman–Crippen LogP) is 3.85. The fourth-order valence-electron chi connectivity index (χ4n) is 3.21. The number of unbranched alkanes of at least 4 members (excludes halogenated alkanes) is 1. The van der Waals surface area contributed by atoms with Crippen molar-refractivity contribution in [3.05, 3.63) is 29.8 Å². The first-order valence-electron chi connectivity index (χ1n) is 7.95. The fourth-order valence-corrected chi connectivity index (χ4v) is 3.21. The third-order valence-corrected chi connectivity index (χ3v) is 4.57. The molecule has 2 heteroatoms. The molecule has 1 unspecified atom stereocenters. The number of para-hydroxylation sites is 1. The molecule has 0 radical (unpaired) electrons. The SMILES string of the molecule is CCCCN(CCC1CNc2ccccc21)C1CC1. The van der Waals surface area contributed by atoms with Crippen LogP contribution in [0.4, 0.5) is 5.69 Å². The molecule has 1 heterocycles. The van der Waals surface area contributed by atoms with Gasteiger partial charge in [-0.25, -0.2) is 0 Å².